The van der Waals surface area contributed by atoms with Crippen molar-refractivity contribution in [1.82, 2.24) is 10.2 Å². The van der Waals surface area contributed by atoms with E-state index in [1.54, 1.807) is 11.9 Å². The van der Waals surface area contributed by atoms with Crippen molar-refractivity contribution in [2.24, 2.45) is 0 Å². The van der Waals surface area contributed by atoms with Crippen molar-refractivity contribution in [3.8, 4) is 0 Å². The summed E-state index contributed by atoms with van der Waals surface area (Å²) >= 11 is 0. The van der Waals surface area contributed by atoms with E-state index in [9.17, 15) is 31.1 Å². The normalized spacial score (nSPS) is 18.7. The van der Waals surface area contributed by atoms with Gasteiger partial charge in [0.15, 0.2) is 0 Å². The van der Waals surface area contributed by atoms with Crippen LogP contribution in [0.1, 0.15) is 24.0 Å². The number of likely N-dealkylation sites (N-methyl/N-ethyl adjacent to an activating group) is 1. The number of likely N-dealkylation sites (tertiary alicyclic amines) is 1. The Morgan fingerprint density at radius 3 is 2.15 bits per heavy atom. The van der Waals surface area contributed by atoms with Gasteiger partial charge in [0.25, 0.3) is 0 Å². The molecule has 1 heterocycles. The molecule has 1 atom stereocenters. The highest BCUT2D eigenvalue weighted by Crippen LogP contribution is 2.37. The Morgan fingerprint density at radius 2 is 1.67 bits per heavy atom. The van der Waals surface area contributed by atoms with Gasteiger partial charge < -0.3 is 10.6 Å². The summed E-state index contributed by atoms with van der Waals surface area (Å²) in [5, 5.41) is 5.23. The lowest BCUT2D eigenvalue weighted by Crippen LogP contribution is -2.46. The Bertz CT molecular complexity index is 618. The second kappa shape index (κ2) is 9.11. The summed E-state index contributed by atoms with van der Waals surface area (Å²) in [5.41, 5.74) is -3.45. The molecule has 2 N–H and O–H groups in total. The molecular weight excluding hydrogens is 400 g/mol. The van der Waals surface area contributed by atoms with Gasteiger partial charge in [0, 0.05) is 18.3 Å². The monoisotopic (exact) mass is 419 g/mol. The third-order valence-corrected chi connectivity index (χ3v) is 4.15. The number of halogens is 7. The van der Waals surface area contributed by atoms with Gasteiger partial charge in [-0.05, 0) is 44.6 Å². The van der Waals surface area contributed by atoms with Gasteiger partial charge in [-0.25, -0.2) is 0 Å². The number of hydrogen-bond acceptors (Lipinski definition) is 3. The first-order chi connectivity index (χ1) is 12.0. The van der Waals surface area contributed by atoms with Crippen LogP contribution in [0.2, 0.25) is 0 Å². The molecule has 0 aliphatic carbocycles. The third-order valence-electron chi connectivity index (χ3n) is 4.15. The molecule has 2 rings (SSSR count). The molecule has 1 aromatic rings. The minimum absolute atomic E-state index is 0. The fraction of sp³-hybridized carbons (Fsp3) is 0.562. The molecule has 1 aliphatic heterocycles. The first kappa shape index (κ1) is 23.5. The van der Waals surface area contributed by atoms with Crippen molar-refractivity contribution in [3.63, 3.8) is 0 Å². The third kappa shape index (κ3) is 6.86. The van der Waals surface area contributed by atoms with Crippen LogP contribution in [0.3, 0.4) is 0 Å². The van der Waals surface area contributed by atoms with Crippen molar-refractivity contribution in [1.29, 1.82) is 0 Å². The summed E-state index contributed by atoms with van der Waals surface area (Å²) in [4.78, 5) is 13.9. The van der Waals surface area contributed by atoms with Crippen LogP contribution in [0.15, 0.2) is 18.2 Å². The molecule has 1 aromatic carbocycles. The maximum Gasteiger partial charge on any atom is 0.416 e. The summed E-state index contributed by atoms with van der Waals surface area (Å²) < 4.78 is 77.0. The van der Waals surface area contributed by atoms with E-state index in [4.69, 9.17) is 0 Å². The van der Waals surface area contributed by atoms with Crippen molar-refractivity contribution in [2.75, 3.05) is 32.0 Å². The average molecular weight is 420 g/mol. The van der Waals surface area contributed by atoms with Crippen LogP contribution >= 0.6 is 12.4 Å². The molecule has 4 nitrogen and oxygen atoms in total. The maximum absolute atomic E-state index is 12.8. The molecule has 27 heavy (non-hydrogen) atoms. The Kier molecular flexibility index (Phi) is 7.94. The smallest absolute Gasteiger partial charge is 0.325 e. The molecular formula is C16H20ClF6N3O. The highest BCUT2D eigenvalue weighted by Gasteiger charge is 2.37. The Balaban J connectivity index is 0.00000364. The van der Waals surface area contributed by atoms with Crippen LogP contribution in [0.4, 0.5) is 32.0 Å². The first-order valence-electron chi connectivity index (χ1n) is 7.98. The molecule has 1 fully saturated rings. The van der Waals surface area contributed by atoms with Gasteiger partial charge in [-0.2, -0.15) is 26.3 Å². The van der Waals surface area contributed by atoms with Crippen LogP contribution in [0.25, 0.3) is 0 Å². The molecule has 0 radical (unpaired) electrons. The van der Waals surface area contributed by atoms with E-state index >= 15 is 0 Å². The lowest BCUT2D eigenvalue weighted by molar-refractivity contribution is -0.143. The quantitative estimate of drug-likeness (QED) is 0.730. The number of carbonyl (C=O) groups excluding carboxylic acids is 1. The van der Waals surface area contributed by atoms with Crippen LogP contribution < -0.4 is 10.6 Å². The first-order valence-corrected chi connectivity index (χ1v) is 7.98. The Morgan fingerprint density at radius 1 is 1.11 bits per heavy atom. The van der Waals surface area contributed by atoms with E-state index in [2.05, 4.69) is 10.6 Å². The molecule has 1 aliphatic rings. The van der Waals surface area contributed by atoms with Crippen LogP contribution in [-0.4, -0.2) is 43.5 Å². The number of nitrogens with zero attached hydrogens (tertiary/aromatic N) is 1. The molecule has 0 bridgehead atoms. The highest BCUT2D eigenvalue weighted by atomic mass is 35.5. The summed E-state index contributed by atoms with van der Waals surface area (Å²) in [6.45, 7) is 1.12. The fourth-order valence-corrected chi connectivity index (χ4v) is 2.87. The van der Waals surface area contributed by atoms with E-state index in [-0.39, 0.29) is 31.1 Å². The number of alkyl halides is 6. The second-order valence-electron chi connectivity index (χ2n) is 6.21. The van der Waals surface area contributed by atoms with Gasteiger partial charge in [0.2, 0.25) is 5.91 Å². The molecule has 1 saturated heterocycles. The number of anilines is 1. The summed E-state index contributed by atoms with van der Waals surface area (Å²) in [6.07, 6.45) is -8.11. The Hall–Kier alpha value is -1.52. The van der Waals surface area contributed by atoms with E-state index in [0.29, 0.717) is 25.2 Å². The van der Waals surface area contributed by atoms with Gasteiger partial charge >= 0.3 is 12.4 Å². The van der Waals surface area contributed by atoms with Gasteiger partial charge in [0.1, 0.15) is 0 Å². The summed E-state index contributed by atoms with van der Waals surface area (Å²) in [6, 6.07) is 1.22. The van der Waals surface area contributed by atoms with E-state index < -0.39 is 35.1 Å². The molecule has 0 aromatic heterocycles. The largest absolute Gasteiger partial charge is 0.416 e. The highest BCUT2D eigenvalue weighted by molar-refractivity contribution is 5.92. The van der Waals surface area contributed by atoms with Gasteiger partial charge in [-0.1, -0.05) is 0 Å². The minimum Gasteiger partial charge on any atom is -0.325 e. The van der Waals surface area contributed by atoms with Crippen LogP contribution in [-0.2, 0) is 17.1 Å². The fourth-order valence-electron chi connectivity index (χ4n) is 2.87. The molecule has 154 valence electrons. The van der Waals surface area contributed by atoms with E-state index in [0.717, 1.165) is 12.8 Å². The topological polar surface area (TPSA) is 44.4 Å². The van der Waals surface area contributed by atoms with Gasteiger partial charge in [-0.15, -0.1) is 12.4 Å². The van der Waals surface area contributed by atoms with E-state index in [1.165, 1.54) is 0 Å². The number of carbonyl (C=O) groups is 1. The second-order valence-corrected chi connectivity index (χ2v) is 6.21. The zero-order valence-corrected chi connectivity index (χ0v) is 15.2. The zero-order valence-electron chi connectivity index (χ0n) is 14.4. The zero-order chi connectivity index (χ0) is 19.5. The summed E-state index contributed by atoms with van der Waals surface area (Å²) in [5.74, 6) is -0.658. The molecule has 0 saturated carbocycles. The Labute approximate surface area is 158 Å². The minimum atomic E-state index is -4.95. The number of piperidine rings is 1. The number of amides is 1. The average Bonchev–Trinajstić information content (AvgIpc) is 2.53. The maximum atomic E-state index is 12.8. The lowest BCUT2D eigenvalue weighted by atomic mass is 10.1. The summed E-state index contributed by atoms with van der Waals surface area (Å²) in [7, 11) is 1.79. The van der Waals surface area contributed by atoms with Gasteiger partial charge in [-0.3, -0.25) is 9.69 Å². The predicted molar refractivity (Wildman–Crippen MR) is 90.8 cm³/mol. The van der Waals surface area contributed by atoms with Gasteiger partial charge in [0.05, 0.1) is 17.7 Å². The van der Waals surface area contributed by atoms with Crippen molar-refractivity contribution in [3.05, 3.63) is 29.3 Å². The number of rotatable bonds is 4. The number of hydrogen-bond donors (Lipinski definition) is 2. The van der Waals surface area contributed by atoms with Crippen molar-refractivity contribution < 1.29 is 31.1 Å². The predicted octanol–water partition coefficient (Wildman–Crippen LogP) is 3.77. The van der Waals surface area contributed by atoms with Crippen molar-refractivity contribution in [2.45, 2.75) is 31.2 Å². The lowest BCUT2D eigenvalue weighted by Gasteiger charge is -2.31. The molecule has 0 spiro atoms. The van der Waals surface area contributed by atoms with Crippen molar-refractivity contribution >= 4 is 24.0 Å². The molecule has 1 unspecified atom stereocenters. The van der Waals surface area contributed by atoms with E-state index in [1.807, 2.05) is 0 Å². The standard InChI is InChI=1S/C16H19F6N3O.ClH/c1-23-12-3-2-4-25(8-12)9-14(26)24-13-6-10(15(17,18)19)5-11(7-13)16(20,21)22;/h5-7,12,23H,2-4,8-9H2,1H3,(H,24,26);1H. The molecule has 11 heteroatoms. The van der Waals surface area contributed by atoms with Crippen LogP contribution in [0, 0.1) is 0 Å². The number of benzene rings is 1. The van der Waals surface area contributed by atoms with Crippen LogP contribution in [0.5, 0.6) is 0 Å². The SMILES string of the molecule is CNC1CCCN(CC(=O)Nc2cc(C(F)(F)F)cc(C(F)(F)F)c2)C1.Cl. The number of nitrogens with one attached hydrogen (secondary N) is 2. The molecule has 1 amide bonds.